The average molecular weight is 273 g/mol. The lowest BCUT2D eigenvalue weighted by Gasteiger charge is -2.43. The van der Waals surface area contributed by atoms with Gasteiger partial charge in [-0.2, -0.15) is 0 Å². The predicted octanol–water partition coefficient (Wildman–Crippen LogP) is 2.79. The summed E-state index contributed by atoms with van der Waals surface area (Å²) in [5, 5.41) is 0. The van der Waals surface area contributed by atoms with Crippen LogP contribution in [0.1, 0.15) is 37.7 Å². The van der Waals surface area contributed by atoms with Crippen LogP contribution in [0.25, 0.3) is 0 Å². The largest absolute Gasteiger partial charge is 0.374 e. The summed E-state index contributed by atoms with van der Waals surface area (Å²) in [6.07, 6.45) is 6.45. The normalized spacial score (nSPS) is 26.1. The number of hydrogen-bond donors (Lipinski definition) is 0. The van der Waals surface area contributed by atoms with Crippen molar-refractivity contribution in [2.75, 3.05) is 13.2 Å². The van der Waals surface area contributed by atoms with Crippen LogP contribution < -0.4 is 0 Å². The maximum atomic E-state index is 12.5. The average Bonchev–Trinajstić information content (AvgIpc) is 2.53. The summed E-state index contributed by atoms with van der Waals surface area (Å²) in [5.41, 5.74) is 1.24. The molecular weight excluding hydrogens is 250 g/mol. The monoisotopic (exact) mass is 273 g/mol. The highest BCUT2D eigenvalue weighted by atomic mass is 16.5. The maximum Gasteiger partial charge on any atom is 0.223 e. The second kappa shape index (κ2) is 6.40. The fraction of sp³-hybridized carbons (Fsp3) is 0.588. The Morgan fingerprint density at radius 1 is 1.20 bits per heavy atom. The SMILES string of the molecule is O=C(CCc1ccccc1)N1CCO[C@H]2CCCC[C@@H]21. The summed E-state index contributed by atoms with van der Waals surface area (Å²) in [7, 11) is 0. The van der Waals surface area contributed by atoms with Crippen LogP contribution in [0.5, 0.6) is 0 Å². The van der Waals surface area contributed by atoms with Gasteiger partial charge in [0, 0.05) is 13.0 Å². The van der Waals surface area contributed by atoms with Crippen molar-refractivity contribution in [1.82, 2.24) is 4.90 Å². The number of amides is 1. The number of benzene rings is 1. The van der Waals surface area contributed by atoms with E-state index in [1.54, 1.807) is 0 Å². The molecule has 1 aromatic rings. The number of rotatable bonds is 3. The first-order valence-electron chi connectivity index (χ1n) is 7.79. The van der Waals surface area contributed by atoms with Gasteiger partial charge in [-0.3, -0.25) is 4.79 Å². The molecule has 0 spiro atoms. The molecule has 2 fully saturated rings. The Hall–Kier alpha value is -1.35. The van der Waals surface area contributed by atoms with E-state index in [0.717, 1.165) is 25.8 Å². The Morgan fingerprint density at radius 3 is 2.85 bits per heavy atom. The van der Waals surface area contributed by atoms with Gasteiger partial charge in [0.2, 0.25) is 5.91 Å². The van der Waals surface area contributed by atoms with E-state index in [-0.39, 0.29) is 6.10 Å². The highest BCUT2D eigenvalue weighted by Gasteiger charge is 2.36. The Morgan fingerprint density at radius 2 is 2.00 bits per heavy atom. The molecule has 3 heteroatoms. The van der Waals surface area contributed by atoms with E-state index in [9.17, 15) is 4.79 Å². The van der Waals surface area contributed by atoms with E-state index in [0.29, 0.717) is 25.0 Å². The van der Waals surface area contributed by atoms with Crippen LogP contribution in [0.3, 0.4) is 0 Å². The van der Waals surface area contributed by atoms with Crippen LogP contribution in [-0.4, -0.2) is 36.1 Å². The molecule has 3 nitrogen and oxygen atoms in total. The van der Waals surface area contributed by atoms with Gasteiger partial charge in [-0.05, 0) is 24.8 Å². The van der Waals surface area contributed by atoms with E-state index < -0.39 is 0 Å². The second-order valence-corrected chi connectivity index (χ2v) is 5.83. The van der Waals surface area contributed by atoms with Gasteiger partial charge in [-0.25, -0.2) is 0 Å². The van der Waals surface area contributed by atoms with Crippen molar-refractivity contribution >= 4 is 5.91 Å². The number of hydrogen-bond acceptors (Lipinski definition) is 2. The first kappa shape index (κ1) is 13.6. The second-order valence-electron chi connectivity index (χ2n) is 5.83. The predicted molar refractivity (Wildman–Crippen MR) is 78.5 cm³/mol. The minimum Gasteiger partial charge on any atom is -0.374 e. The van der Waals surface area contributed by atoms with Gasteiger partial charge >= 0.3 is 0 Å². The molecule has 1 saturated carbocycles. The van der Waals surface area contributed by atoms with Gasteiger partial charge in [-0.15, -0.1) is 0 Å². The van der Waals surface area contributed by atoms with Gasteiger partial charge < -0.3 is 9.64 Å². The molecule has 2 aliphatic rings. The van der Waals surface area contributed by atoms with Crippen molar-refractivity contribution < 1.29 is 9.53 Å². The molecule has 0 unspecified atom stereocenters. The van der Waals surface area contributed by atoms with E-state index in [1.165, 1.54) is 18.4 Å². The maximum absolute atomic E-state index is 12.5. The summed E-state index contributed by atoms with van der Waals surface area (Å²) in [6, 6.07) is 10.6. The summed E-state index contributed by atoms with van der Waals surface area (Å²) < 4.78 is 5.83. The Labute approximate surface area is 120 Å². The van der Waals surface area contributed by atoms with Gasteiger partial charge in [-0.1, -0.05) is 43.2 Å². The van der Waals surface area contributed by atoms with E-state index >= 15 is 0 Å². The molecule has 0 aromatic heterocycles. The van der Waals surface area contributed by atoms with Gasteiger partial charge in [0.05, 0.1) is 18.8 Å². The Balaban J connectivity index is 1.58. The molecule has 0 bridgehead atoms. The van der Waals surface area contributed by atoms with E-state index in [2.05, 4.69) is 17.0 Å². The molecule has 0 N–H and O–H groups in total. The lowest BCUT2D eigenvalue weighted by atomic mass is 9.90. The van der Waals surface area contributed by atoms with Crippen molar-refractivity contribution in [2.45, 2.75) is 50.7 Å². The molecule has 1 saturated heterocycles. The molecule has 1 heterocycles. The third-order valence-corrected chi connectivity index (χ3v) is 4.52. The number of aryl methyl sites for hydroxylation is 1. The first-order valence-corrected chi connectivity index (χ1v) is 7.79. The van der Waals surface area contributed by atoms with Crippen LogP contribution >= 0.6 is 0 Å². The van der Waals surface area contributed by atoms with Gasteiger partial charge in [0.15, 0.2) is 0 Å². The smallest absolute Gasteiger partial charge is 0.223 e. The van der Waals surface area contributed by atoms with Crippen LogP contribution in [0.15, 0.2) is 30.3 Å². The molecule has 20 heavy (non-hydrogen) atoms. The summed E-state index contributed by atoms with van der Waals surface area (Å²) in [5.74, 6) is 0.300. The molecule has 0 radical (unpaired) electrons. The zero-order valence-corrected chi connectivity index (χ0v) is 12.0. The zero-order valence-electron chi connectivity index (χ0n) is 12.0. The minimum atomic E-state index is 0.290. The van der Waals surface area contributed by atoms with Crippen molar-refractivity contribution in [1.29, 1.82) is 0 Å². The van der Waals surface area contributed by atoms with Crippen molar-refractivity contribution in [2.24, 2.45) is 0 Å². The zero-order chi connectivity index (χ0) is 13.8. The molecule has 2 atom stereocenters. The van der Waals surface area contributed by atoms with Gasteiger partial charge in [0.1, 0.15) is 0 Å². The molecule has 1 aliphatic carbocycles. The molecular formula is C17H23NO2. The van der Waals surface area contributed by atoms with Crippen molar-refractivity contribution in [3.63, 3.8) is 0 Å². The standard InChI is InChI=1S/C17H23NO2/c19-17(11-10-14-6-2-1-3-7-14)18-12-13-20-16-9-5-4-8-15(16)18/h1-3,6-7,15-16H,4-5,8-13H2/t15-,16-/m0/s1. The fourth-order valence-corrected chi connectivity index (χ4v) is 3.45. The molecule has 1 aromatic carbocycles. The minimum absolute atomic E-state index is 0.290. The van der Waals surface area contributed by atoms with Gasteiger partial charge in [0.25, 0.3) is 0 Å². The van der Waals surface area contributed by atoms with Crippen molar-refractivity contribution in [3.8, 4) is 0 Å². The number of morpholine rings is 1. The van der Waals surface area contributed by atoms with E-state index in [1.807, 2.05) is 18.2 Å². The third kappa shape index (κ3) is 3.04. The number of fused-ring (bicyclic) bond motifs is 1. The van der Waals surface area contributed by atoms with Crippen LogP contribution in [0.4, 0.5) is 0 Å². The molecule has 1 aliphatic heterocycles. The number of carbonyl (C=O) groups excluding carboxylic acids is 1. The summed E-state index contributed by atoms with van der Waals surface area (Å²) in [6.45, 7) is 1.48. The summed E-state index contributed by atoms with van der Waals surface area (Å²) in [4.78, 5) is 14.6. The first-order chi connectivity index (χ1) is 9.84. The lowest BCUT2D eigenvalue weighted by Crippen LogP contribution is -2.54. The Bertz CT molecular complexity index is 444. The topological polar surface area (TPSA) is 29.5 Å². The van der Waals surface area contributed by atoms with Crippen LogP contribution in [-0.2, 0) is 16.0 Å². The number of ether oxygens (including phenoxy) is 1. The number of carbonyl (C=O) groups is 1. The highest BCUT2D eigenvalue weighted by Crippen LogP contribution is 2.28. The van der Waals surface area contributed by atoms with Crippen molar-refractivity contribution in [3.05, 3.63) is 35.9 Å². The third-order valence-electron chi connectivity index (χ3n) is 4.52. The van der Waals surface area contributed by atoms with Crippen LogP contribution in [0.2, 0.25) is 0 Å². The fourth-order valence-electron chi connectivity index (χ4n) is 3.45. The Kier molecular flexibility index (Phi) is 4.36. The molecule has 1 amide bonds. The lowest BCUT2D eigenvalue weighted by molar-refractivity contribution is -0.149. The quantitative estimate of drug-likeness (QED) is 0.847. The molecule has 108 valence electrons. The molecule has 3 rings (SSSR count). The summed E-state index contributed by atoms with van der Waals surface area (Å²) >= 11 is 0. The highest BCUT2D eigenvalue weighted by molar-refractivity contribution is 5.77. The van der Waals surface area contributed by atoms with Crippen LogP contribution in [0, 0.1) is 0 Å². The number of nitrogens with zero attached hydrogens (tertiary/aromatic N) is 1. The van der Waals surface area contributed by atoms with E-state index in [4.69, 9.17) is 4.74 Å².